The van der Waals surface area contributed by atoms with Gasteiger partial charge >= 0.3 is 0 Å². The fourth-order valence-corrected chi connectivity index (χ4v) is 0.456. The molecule has 6 heteroatoms. The lowest BCUT2D eigenvalue weighted by atomic mass is 10.7. The predicted molar refractivity (Wildman–Crippen MR) is 34.8 cm³/mol. The van der Waals surface area contributed by atoms with E-state index in [1.54, 1.807) is 0 Å². The topological polar surface area (TPSA) is 81.1 Å². The third-order valence-electron chi connectivity index (χ3n) is 1.02. The summed E-state index contributed by atoms with van der Waals surface area (Å²) in [6.07, 6.45) is 0.762. The Bertz CT molecular complexity index is 116. The summed E-state index contributed by atoms with van der Waals surface area (Å²) in [5.41, 5.74) is 0. The summed E-state index contributed by atoms with van der Waals surface area (Å²) >= 11 is 0. The summed E-state index contributed by atoms with van der Waals surface area (Å²) < 4.78 is 0. The van der Waals surface area contributed by atoms with Crippen LogP contribution in [0.4, 0.5) is 0 Å². The summed E-state index contributed by atoms with van der Waals surface area (Å²) in [5, 5.41) is 16.9. The lowest BCUT2D eigenvalue weighted by Crippen LogP contribution is -2.37. The Balaban J connectivity index is 3.76. The standard InChI is InChI=1S/C5H10N2O4/c8-2-6(3-9)1-7(4-10)5-11/h2,4,9,11H,1,3,5H2. The average molecular weight is 162 g/mol. The number of hydrogen-bond acceptors (Lipinski definition) is 4. The van der Waals surface area contributed by atoms with Crippen molar-refractivity contribution >= 4 is 12.8 Å². The van der Waals surface area contributed by atoms with Crippen LogP contribution in [0.2, 0.25) is 0 Å². The fourth-order valence-electron chi connectivity index (χ4n) is 0.456. The molecule has 0 aliphatic rings. The molecule has 0 heterocycles. The molecule has 0 aromatic carbocycles. The minimum atomic E-state index is -0.478. The van der Waals surface area contributed by atoms with Crippen molar-refractivity contribution in [3.63, 3.8) is 0 Å². The van der Waals surface area contributed by atoms with Crippen molar-refractivity contribution in [2.75, 3.05) is 20.1 Å². The SMILES string of the molecule is O=CN(CO)CN(C=O)CO. The number of hydrogen-bond donors (Lipinski definition) is 2. The molecule has 0 fully saturated rings. The van der Waals surface area contributed by atoms with Gasteiger partial charge in [0.25, 0.3) is 0 Å². The summed E-state index contributed by atoms with van der Waals surface area (Å²) in [4.78, 5) is 21.9. The molecule has 0 aliphatic heterocycles. The lowest BCUT2D eigenvalue weighted by molar-refractivity contribution is -0.131. The highest BCUT2D eigenvalue weighted by Gasteiger charge is 2.03. The van der Waals surface area contributed by atoms with Crippen LogP contribution in [0.1, 0.15) is 0 Å². The van der Waals surface area contributed by atoms with E-state index in [4.69, 9.17) is 10.2 Å². The van der Waals surface area contributed by atoms with E-state index in [1.165, 1.54) is 0 Å². The van der Waals surface area contributed by atoms with Crippen molar-refractivity contribution in [2.24, 2.45) is 0 Å². The smallest absolute Gasteiger partial charge is 0.212 e. The third kappa shape index (κ3) is 3.54. The first-order chi connectivity index (χ1) is 5.28. The van der Waals surface area contributed by atoms with Gasteiger partial charge in [0, 0.05) is 0 Å². The quantitative estimate of drug-likeness (QED) is 0.342. The van der Waals surface area contributed by atoms with E-state index in [9.17, 15) is 9.59 Å². The molecule has 0 aromatic heterocycles. The molecule has 0 radical (unpaired) electrons. The molecule has 0 unspecified atom stereocenters. The Labute approximate surface area is 63.6 Å². The summed E-state index contributed by atoms with van der Waals surface area (Å²) in [6, 6.07) is 0. The summed E-state index contributed by atoms with van der Waals surface area (Å²) in [7, 11) is 0. The van der Waals surface area contributed by atoms with E-state index >= 15 is 0 Å². The van der Waals surface area contributed by atoms with Crippen LogP contribution in [0.25, 0.3) is 0 Å². The number of carbonyl (C=O) groups excluding carboxylic acids is 2. The van der Waals surface area contributed by atoms with Gasteiger partial charge in [0.2, 0.25) is 12.8 Å². The molecular weight excluding hydrogens is 152 g/mol. The molecular formula is C5H10N2O4. The van der Waals surface area contributed by atoms with Crippen LogP contribution in [0, 0.1) is 0 Å². The molecule has 0 spiro atoms. The molecule has 64 valence electrons. The van der Waals surface area contributed by atoms with Gasteiger partial charge < -0.3 is 20.0 Å². The maximum Gasteiger partial charge on any atom is 0.212 e. The third-order valence-corrected chi connectivity index (χ3v) is 1.02. The molecule has 2 amide bonds. The highest BCUT2D eigenvalue weighted by atomic mass is 16.3. The monoisotopic (exact) mass is 162 g/mol. The van der Waals surface area contributed by atoms with Gasteiger partial charge in [0.15, 0.2) is 0 Å². The highest BCUT2D eigenvalue weighted by molar-refractivity contribution is 5.50. The molecule has 0 aliphatic carbocycles. The number of nitrogens with zero attached hydrogens (tertiary/aromatic N) is 2. The largest absolute Gasteiger partial charge is 0.376 e. The molecule has 0 saturated carbocycles. The fraction of sp³-hybridized carbons (Fsp3) is 0.600. The van der Waals surface area contributed by atoms with Gasteiger partial charge in [0.1, 0.15) is 13.5 Å². The van der Waals surface area contributed by atoms with Gasteiger partial charge in [-0.3, -0.25) is 9.59 Å². The van der Waals surface area contributed by atoms with E-state index in [0.29, 0.717) is 12.8 Å². The molecule has 0 bridgehead atoms. The van der Waals surface area contributed by atoms with E-state index in [-0.39, 0.29) is 6.67 Å². The zero-order valence-corrected chi connectivity index (χ0v) is 5.88. The predicted octanol–water partition coefficient (Wildman–Crippen LogP) is -2.24. The second-order valence-electron chi connectivity index (χ2n) is 1.81. The Morgan fingerprint density at radius 3 is 1.55 bits per heavy atom. The molecule has 2 N–H and O–H groups in total. The molecule has 6 nitrogen and oxygen atoms in total. The number of aliphatic hydroxyl groups excluding tert-OH is 2. The van der Waals surface area contributed by atoms with Gasteiger partial charge in [-0.25, -0.2) is 0 Å². The van der Waals surface area contributed by atoms with Gasteiger partial charge in [-0.15, -0.1) is 0 Å². The molecule has 11 heavy (non-hydrogen) atoms. The van der Waals surface area contributed by atoms with Crippen LogP contribution in [0.15, 0.2) is 0 Å². The van der Waals surface area contributed by atoms with Gasteiger partial charge in [-0.05, 0) is 0 Å². The molecule has 0 saturated heterocycles. The minimum Gasteiger partial charge on any atom is -0.376 e. The van der Waals surface area contributed by atoms with Crippen LogP contribution in [0.5, 0.6) is 0 Å². The van der Waals surface area contributed by atoms with E-state index in [0.717, 1.165) is 9.80 Å². The Hall–Kier alpha value is -1.14. The normalized spacial score (nSPS) is 8.91. The van der Waals surface area contributed by atoms with Crippen molar-refractivity contribution < 1.29 is 19.8 Å². The van der Waals surface area contributed by atoms with E-state index in [1.807, 2.05) is 0 Å². The molecule has 0 atom stereocenters. The first kappa shape index (κ1) is 9.86. The second kappa shape index (κ2) is 5.63. The average Bonchev–Trinajstić information content (AvgIpc) is 2.07. The zero-order chi connectivity index (χ0) is 8.69. The molecule has 0 rings (SSSR count). The second-order valence-corrected chi connectivity index (χ2v) is 1.81. The van der Waals surface area contributed by atoms with Crippen LogP contribution in [-0.2, 0) is 9.59 Å². The van der Waals surface area contributed by atoms with Crippen molar-refractivity contribution in [3.05, 3.63) is 0 Å². The maximum absolute atomic E-state index is 10.0. The van der Waals surface area contributed by atoms with Crippen LogP contribution in [0.3, 0.4) is 0 Å². The van der Waals surface area contributed by atoms with Crippen LogP contribution in [-0.4, -0.2) is 53.0 Å². The van der Waals surface area contributed by atoms with E-state index in [2.05, 4.69) is 0 Å². The van der Waals surface area contributed by atoms with Gasteiger partial charge in [-0.2, -0.15) is 0 Å². The minimum absolute atomic E-state index is 0.111. The highest BCUT2D eigenvalue weighted by Crippen LogP contribution is 1.84. The number of aliphatic hydroxyl groups is 2. The molecule has 0 aromatic rings. The number of rotatable bonds is 6. The van der Waals surface area contributed by atoms with Crippen LogP contribution < -0.4 is 0 Å². The first-order valence-corrected chi connectivity index (χ1v) is 2.89. The van der Waals surface area contributed by atoms with Crippen molar-refractivity contribution in [2.45, 2.75) is 0 Å². The number of amides is 2. The maximum atomic E-state index is 10.0. The van der Waals surface area contributed by atoms with Crippen molar-refractivity contribution in [1.29, 1.82) is 0 Å². The summed E-state index contributed by atoms with van der Waals surface area (Å²) in [6.45, 7) is -1.07. The van der Waals surface area contributed by atoms with Crippen molar-refractivity contribution in [1.82, 2.24) is 9.80 Å². The van der Waals surface area contributed by atoms with Crippen LogP contribution >= 0.6 is 0 Å². The summed E-state index contributed by atoms with van der Waals surface area (Å²) in [5.74, 6) is 0. The Kier molecular flexibility index (Phi) is 5.05. The van der Waals surface area contributed by atoms with E-state index < -0.39 is 13.5 Å². The Morgan fingerprint density at radius 1 is 1.00 bits per heavy atom. The number of carbonyl (C=O) groups is 2. The Morgan fingerprint density at radius 2 is 1.36 bits per heavy atom. The first-order valence-electron chi connectivity index (χ1n) is 2.89. The lowest BCUT2D eigenvalue weighted by Gasteiger charge is -2.20. The van der Waals surface area contributed by atoms with Crippen molar-refractivity contribution in [3.8, 4) is 0 Å². The van der Waals surface area contributed by atoms with Gasteiger partial charge in [-0.1, -0.05) is 0 Å². The van der Waals surface area contributed by atoms with Gasteiger partial charge in [0.05, 0.1) is 6.67 Å². The zero-order valence-electron chi connectivity index (χ0n) is 5.88.